The molecular weight excluding hydrogens is 308 g/mol. The first-order chi connectivity index (χ1) is 11.1. The van der Waals surface area contributed by atoms with Crippen molar-refractivity contribution in [3.63, 3.8) is 0 Å². The SMILES string of the molecule is CCSC1CCCC(NC(=NC)NCc2cc(C(C)C)no2)C1. The van der Waals surface area contributed by atoms with Gasteiger partial charge in [-0.15, -0.1) is 0 Å². The van der Waals surface area contributed by atoms with Crippen molar-refractivity contribution in [1.29, 1.82) is 0 Å². The van der Waals surface area contributed by atoms with E-state index in [2.05, 4.69) is 53.3 Å². The number of aromatic nitrogens is 1. The molecule has 5 nitrogen and oxygen atoms in total. The van der Waals surface area contributed by atoms with E-state index < -0.39 is 0 Å². The minimum Gasteiger partial charge on any atom is -0.359 e. The maximum Gasteiger partial charge on any atom is 0.191 e. The monoisotopic (exact) mass is 338 g/mol. The summed E-state index contributed by atoms with van der Waals surface area (Å²) < 4.78 is 5.36. The van der Waals surface area contributed by atoms with Crippen molar-refractivity contribution >= 4 is 17.7 Å². The summed E-state index contributed by atoms with van der Waals surface area (Å²) in [5.74, 6) is 3.29. The van der Waals surface area contributed by atoms with Crippen molar-refractivity contribution in [2.45, 2.75) is 70.2 Å². The van der Waals surface area contributed by atoms with Gasteiger partial charge >= 0.3 is 0 Å². The van der Waals surface area contributed by atoms with Gasteiger partial charge in [-0.25, -0.2) is 0 Å². The third kappa shape index (κ3) is 5.75. The van der Waals surface area contributed by atoms with Gasteiger partial charge < -0.3 is 15.2 Å². The highest BCUT2D eigenvalue weighted by Crippen LogP contribution is 2.28. The number of nitrogens with zero attached hydrogens (tertiary/aromatic N) is 2. The molecule has 1 aliphatic rings. The highest BCUT2D eigenvalue weighted by atomic mass is 32.2. The maximum absolute atomic E-state index is 5.36. The van der Waals surface area contributed by atoms with Crippen molar-refractivity contribution in [3.05, 3.63) is 17.5 Å². The molecule has 1 aromatic rings. The minimum absolute atomic E-state index is 0.389. The van der Waals surface area contributed by atoms with E-state index in [1.54, 1.807) is 0 Å². The van der Waals surface area contributed by atoms with Gasteiger partial charge in [-0.1, -0.05) is 32.3 Å². The van der Waals surface area contributed by atoms with Gasteiger partial charge in [0.2, 0.25) is 0 Å². The number of hydrogen-bond donors (Lipinski definition) is 2. The summed E-state index contributed by atoms with van der Waals surface area (Å²) in [5.41, 5.74) is 0.997. The highest BCUT2D eigenvalue weighted by Gasteiger charge is 2.22. The zero-order chi connectivity index (χ0) is 16.7. The molecule has 0 aliphatic heterocycles. The van der Waals surface area contributed by atoms with E-state index in [9.17, 15) is 0 Å². The Kier molecular flexibility index (Phi) is 7.27. The predicted molar refractivity (Wildman–Crippen MR) is 98.1 cm³/mol. The molecule has 0 spiro atoms. The van der Waals surface area contributed by atoms with Crippen LogP contribution >= 0.6 is 11.8 Å². The van der Waals surface area contributed by atoms with E-state index in [0.717, 1.165) is 22.7 Å². The Labute approximate surface area is 144 Å². The Hall–Kier alpha value is -1.17. The first-order valence-corrected chi connectivity index (χ1v) is 9.71. The molecule has 0 saturated heterocycles. The fourth-order valence-corrected chi connectivity index (χ4v) is 4.08. The molecule has 2 rings (SSSR count). The first kappa shape index (κ1) is 18.2. The molecule has 0 radical (unpaired) electrons. The summed E-state index contributed by atoms with van der Waals surface area (Å²) in [6.45, 7) is 7.08. The molecule has 0 bridgehead atoms. The van der Waals surface area contributed by atoms with Crippen molar-refractivity contribution < 1.29 is 4.52 Å². The van der Waals surface area contributed by atoms with E-state index in [4.69, 9.17) is 4.52 Å². The van der Waals surface area contributed by atoms with Crippen LogP contribution in [0.1, 0.15) is 63.8 Å². The smallest absolute Gasteiger partial charge is 0.191 e. The Morgan fingerprint density at radius 1 is 1.48 bits per heavy atom. The molecule has 1 aliphatic carbocycles. The standard InChI is InChI=1S/C17H30N4OS/c1-5-23-15-8-6-7-13(9-15)20-17(18-4)19-11-14-10-16(12(2)3)21-22-14/h10,12-13,15H,5-9,11H2,1-4H3,(H2,18,19,20). The summed E-state index contributed by atoms with van der Waals surface area (Å²) in [6.07, 6.45) is 5.09. The summed E-state index contributed by atoms with van der Waals surface area (Å²) in [4.78, 5) is 4.34. The van der Waals surface area contributed by atoms with Gasteiger partial charge in [0.25, 0.3) is 0 Å². The van der Waals surface area contributed by atoms with E-state index in [0.29, 0.717) is 18.5 Å². The Morgan fingerprint density at radius 2 is 2.30 bits per heavy atom. The molecule has 2 N–H and O–H groups in total. The van der Waals surface area contributed by atoms with Crippen LogP contribution in [-0.2, 0) is 6.54 Å². The van der Waals surface area contributed by atoms with Crippen LogP contribution in [0.3, 0.4) is 0 Å². The fourth-order valence-electron chi connectivity index (χ4n) is 2.91. The Balaban J connectivity index is 1.80. The molecule has 130 valence electrons. The second-order valence-electron chi connectivity index (χ2n) is 6.38. The molecule has 1 saturated carbocycles. The highest BCUT2D eigenvalue weighted by molar-refractivity contribution is 7.99. The number of nitrogens with one attached hydrogen (secondary N) is 2. The Bertz CT molecular complexity index is 499. The van der Waals surface area contributed by atoms with Crippen LogP contribution < -0.4 is 10.6 Å². The van der Waals surface area contributed by atoms with Crippen LogP contribution in [0.15, 0.2) is 15.6 Å². The van der Waals surface area contributed by atoms with Gasteiger partial charge in [-0.2, -0.15) is 11.8 Å². The van der Waals surface area contributed by atoms with Crippen molar-refractivity contribution in [2.75, 3.05) is 12.8 Å². The van der Waals surface area contributed by atoms with Crippen molar-refractivity contribution in [2.24, 2.45) is 4.99 Å². The van der Waals surface area contributed by atoms with Gasteiger partial charge in [-0.05, 0) is 30.9 Å². The topological polar surface area (TPSA) is 62.5 Å². The number of guanidine groups is 1. The Morgan fingerprint density at radius 3 is 2.96 bits per heavy atom. The fraction of sp³-hybridized carbons (Fsp3) is 0.765. The third-order valence-electron chi connectivity index (χ3n) is 4.19. The molecular formula is C17H30N4OS. The van der Waals surface area contributed by atoms with Gasteiger partial charge in [0.1, 0.15) is 0 Å². The van der Waals surface area contributed by atoms with Gasteiger partial charge in [0, 0.05) is 24.4 Å². The molecule has 1 heterocycles. The van der Waals surface area contributed by atoms with E-state index in [-0.39, 0.29) is 0 Å². The summed E-state index contributed by atoms with van der Waals surface area (Å²) in [6, 6.07) is 2.53. The summed E-state index contributed by atoms with van der Waals surface area (Å²) >= 11 is 2.08. The molecule has 23 heavy (non-hydrogen) atoms. The maximum atomic E-state index is 5.36. The molecule has 6 heteroatoms. The van der Waals surface area contributed by atoms with Crippen molar-refractivity contribution in [3.8, 4) is 0 Å². The molecule has 1 fully saturated rings. The number of hydrogen-bond acceptors (Lipinski definition) is 4. The average molecular weight is 339 g/mol. The van der Waals surface area contributed by atoms with Crippen LogP contribution in [0, 0.1) is 0 Å². The van der Waals surface area contributed by atoms with Crippen LogP contribution in [0.5, 0.6) is 0 Å². The van der Waals surface area contributed by atoms with Crippen LogP contribution in [0.2, 0.25) is 0 Å². The van der Waals surface area contributed by atoms with Crippen molar-refractivity contribution in [1.82, 2.24) is 15.8 Å². The quantitative estimate of drug-likeness (QED) is 0.614. The molecule has 0 amide bonds. The lowest BCUT2D eigenvalue weighted by Gasteiger charge is -2.30. The second kappa shape index (κ2) is 9.21. The van der Waals surface area contributed by atoms with E-state index in [1.165, 1.54) is 31.4 Å². The minimum atomic E-state index is 0.389. The largest absolute Gasteiger partial charge is 0.359 e. The molecule has 2 unspecified atom stereocenters. The zero-order valence-corrected chi connectivity index (χ0v) is 15.6. The first-order valence-electron chi connectivity index (χ1n) is 8.66. The lowest BCUT2D eigenvalue weighted by atomic mass is 9.95. The average Bonchev–Trinajstić information content (AvgIpc) is 3.01. The number of thioether (sulfide) groups is 1. The summed E-state index contributed by atoms with van der Waals surface area (Å²) in [7, 11) is 1.82. The lowest BCUT2D eigenvalue weighted by molar-refractivity contribution is 0.370. The lowest BCUT2D eigenvalue weighted by Crippen LogP contribution is -2.45. The van der Waals surface area contributed by atoms with Crippen LogP contribution in [-0.4, -0.2) is 35.2 Å². The van der Waals surface area contributed by atoms with Gasteiger partial charge in [-0.3, -0.25) is 4.99 Å². The molecule has 1 aromatic heterocycles. The third-order valence-corrected chi connectivity index (χ3v) is 5.42. The normalized spacial score (nSPS) is 22.4. The number of aliphatic imine (C=N–C) groups is 1. The zero-order valence-electron chi connectivity index (χ0n) is 14.8. The van der Waals surface area contributed by atoms with Gasteiger partial charge in [0.05, 0.1) is 12.2 Å². The summed E-state index contributed by atoms with van der Waals surface area (Å²) in [5, 5.41) is 11.8. The van der Waals surface area contributed by atoms with Gasteiger partial charge in [0.15, 0.2) is 11.7 Å². The molecule has 0 aromatic carbocycles. The predicted octanol–water partition coefficient (Wildman–Crippen LogP) is 3.53. The molecule has 2 atom stereocenters. The van der Waals surface area contributed by atoms with Crippen LogP contribution in [0.4, 0.5) is 0 Å². The number of rotatable bonds is 6. The van der Waals surface area contributed by atoms with Crippen LogP contribution in [0.25, 0.3) is 0 Å². The van der Waals surface area contributed by atoms with E-state index >= 15 is 0 Å². The second-order valence-corrected chi connectivity index (χ2v) is 7.96. The van der Waals surface area contributed by atoms with E-state index in [1.807, 2.05) is 13.1 Å².